The minimum Gasteiger partial charge on any atom is -0.476 e. The molecule has 3 N–H and O–H groups in total. The SMILES string of the molecule is CCOON1N=C(C(=O)O)/C(=C/c2ccc(N)cc2)C1=S. The second-order valence-corrected chi connectivity index (χ2v) is 4.42. The Kier molecular flexibility index (Phi) is 4.63. The van der Waals surface area contributed by atoms with Crippen molar-refractivity contribution >= 4 is 40.7 Å². The van der Waals surface area contributed by atoms with E-state index in [1.807, 2.05) is 0 Å². The van der Waals surface area contributed by atoms with Crippen molar-refractivity contribution in [3.8, 4) is 0 Å². The highest BCUT2D eigenvalue weighted by molar-refractivity contribution is 7.80. The van der Waals surface area contributed by atoms with Gasteiger partial charge in [0.2, 0.25) is 0 Å². The van der Waals surface area contributed by atoms with E-state index in [1.165, 1.54) is 0 Å². The summed E-state index contributed by atoms with van der Waals surface area (Å²) in [5.41, 5.74) is 7.01. The van der Waals surface area contributed by atoms with E-state index in [2.05, 4.69) is 5.10 Å². The van der Waals surface area contributed by atoms with Crippen molar-refractivity contribution in [2.75, 3.05) is 12.3 Å². The van der Waals surface area contributed by atoms with Gasteiger partial charge in [-0.05, 0) is 30.7 Å². The fourth-order valence-corrected chi connectivity index (χ4v) is 1.82. The van der Waals surface area contributed by atoms with Crippen molar-refractivity contribution in [3.05, 3.63) is 35.4 Å². The lowest BCUT2D eigenvalue weighted by Gasteiger charge is -2.10. The molecule has 0 fully saturated rings. The summed E-state index contributed by atoms with van der Waals surface area (Å²) in [5.74, 6) is -1.21. The number of hydrazone groups is 1. The van der Waals surface area contributed by atoms with Gasteiger partial charge in [0.05, 0.1) is 6.61 Å². The summed E-state index contributed by atoms with van der Waals surface area (Å²) in [6.45, 7) is 1.99. The van der Waals surface area contributed by atoms with Gasteiger partial charge in [-0.2, -0.15) is 0 Å². The van der Waals surface area contributed by atoms with Crippen LogP contribution in [0.4, 0.5) is 5.69 Å². The summed E-state index contributed by atoms with van der Waals surface area (Å²) in [7, 11) is 0. The largest absolute Gasteiger partial charge is 0.476 e. The number of anilines is 1. The van der Waals surface area contributed by atoms with Crippen molar-refractivity contribution in [2.45, 2.75) is 6.92 Å². The van der Waals surface area contributed by atoms with E-state index >= 15 is 0 Å². The lowest BCUT2D eigenvalue weighted by atomic mass is 10.1. The number of benzene rings is 1. The molecule has 21 heavy (non-hydrogen) atoms. The predicted molar refractivity (Wildman–Crippen MR) is 81.1 cm³/mol. The molecule has 0 saturated carbocycles. The number of aliphatic carboxylic acids is 1. The number of hydroxylamine groups is 1. The highest BCUT2D eigenvalue weighted by Gasteiger charge is 2.32. The van der Waals surface area contributed by atoms with E-state index in [0.717, 1.165) is 10.7 Å². The molecular formula is C13H13N3O4S. The Hall–Kier alpha value is -2.29. The van der Waals surface area contributed by atoms with Crippen LogP contribution in [0, 0.1) is 0 Å². The Morgan fingerprint density at radius 3 is 2.71 bits per heavy atom. The molecule has 0 bridgehead atoms. The van der Waals surface area contributed by atoms with Gasteiger partial charge in [0.1, 0.15) is 0 Å². The van der Waals surface area contributed by atoms with Crippen LogP contribution in [0.1, 0.15) is 12.5 Å². The number of hydrogen-bond acceptors (Lipinski definition) is 6. The number of nitrogen functional groups attached to an aromatic ring is 1. The van der Waals surface area contributed by atoms with Gasteiger partial charge in [0, 0.05) is 11.3 Å². The predicted octanol–water partition coefficient (Wildman–Crippen LogP) is 1.62. The van der Waals surface area contributed by atoms with Crippen molar-refractivity contribution < 1.29 is 19.8 Å². The highest BCUT2D eigenvalue weighted by atomic mass is 32.1. The fourth-order valence-electron chi connectivity index (χ4n) is 1.59. The van der Waals surface area contributed by atoms with Crippen LogP contribution in [0.25, 0.3) is 6.08 Å². The van der Waals surface area contributed by atoms with Crippen LogP contribution >= 0.6 is 12.2 Å². The lowest BCUT2D eigenvalue weighted by Crippen LogP contribution is -2.21. The van der Waals surface area contributed by atoms with Gasteiger partial charge in [-0.25, -0.2) is 9.68 Å². The lowest BCUT2D eigenvalue weighted by molar-refractivity contribution is -0.398. The molecule has 0 aromatic heterocycles. The molecule has 8 heteroatoms. The van der Waals surface area contributed by atoms with Crippen molar-refractivity contribution in [2.24, 2.45) is 5.10 Å². The summed E-state index contributed by atoms with van der Waals surface area (Å²) in [5, 5.41) is 13.8. The highest BCUT2D eigenvalue weighted by Crippen LogP contribution is 2.21. The van der Waals surface area contributed by atoms with E-state index in [9.17, 15) is 9.90 Å². The number of rotatable bonds is 5. The van der Waals surface area contributed by atoms with Gasteiger partial charge in [-0.1, -0.05) is 34.5 Å². The van der Waals surface area contributed by atoms with Crippen LogP contribution in [0.2, 0.25) is 0 Å². The van der Waals surface area contributed by atoms with Crippen LogP contribution in [-0.2, 0) is 14.7 Å². The first-order valence-electron chi connectivity index (χ1n) is 6.06. The van der Waals surface area contributed by atoms with Gasteiger partial charge in [-0.3, -0.25) is 0 Å². The topological polar surface area (TPSA) is 97.4 Å². The number of thiocarbonyl (C=S) groups is 1. The van der Waals surface area contributed by atoms with Gasteiger partial charge in [-0.15, -0.1) is 5.10 Å². The monoisotopic (exact) mass is 307 g/mol. The smallest absolute Gasteiger partial charge is 0.357 e. The minimum absolute atomic E-state index is 0.109. The summed E-state index contributed by atoms with van der Waals surface area (Å²) < 4.78 is 0. The molecule has 1 aromatic carbocycles. The number of carboxylic acid groups (broad SMARTS) is 1. The molecule has 0 radical (unpaired) electrons. The van der Waals surface area contributed by atoms with Crippen molar-refractivity contribution in [3.63, 3.8) is 0 Å². The molecule has 110 valence electrons. The number of hydrogen-bond donors (Lipinski definition) is 2. The van der Waals surface area contributed by atoms with Crippen LogP contribution in [0.15, 0.2) is 34.9 Å². The molecule has 0 unspecified atom stereocenters. The zero-order valence-electron chi connectivity index (χ0n) is 11.1. The molecule has 0 spiro atoms. The first kappa shape index (κ1) is 15.1. The summed E-state index contributed by atoms with van der Waals surface area (Å²) in [4.78, 5) is 20.9. The molecule has 7 nitrogen and oxygen atoms in total. The quantitative estimate of drug-likeness (QED) is 0.280. The van der Waals surface area contributed by atoms with E-state index < -0.39 is 5.97 Å². The Morgan fingerprint density at radius 1 is 1.48 bits per heavy atom. The van der Waals surface area contributed by atoms with E-state index in [0.29, 0.717) is 5.69 Å². The zero-order valence-corrected chi connectivity index (χ0v) is 12.0. The van der Waals surface area contributed by atoms with E-state index in [1.54, 1.807) is 37.3 Å². The molecule has 1 aliphatic heterocycles. The molecule has 2 rings (SSSR count). The second-order valence-electron chi connectivity index (χ2n) is 4.04. The first-order chi connectivity index (χ1) is 10.0. The Labute approximate surface area is 126 Å². The number of carbonyl (C=O) groups is 1. The molecule has 1 aliphatic rings. The van der Waals surface area contributed by atoms with Crippen LogP contribution in [0.3, 0.4) is 0 Å². The summed E-state index contributed by atoms with van der Waals surface area (Å²) in [6.07, 6.45) is 1.60. The Bertz CT molecular complexity index is 625. The van der Waals surface area contributed by atoms with Gasteiger partial charge in [0.15, 0.2) is 10.7 Å². The standard InChI is InChI=1S/C13H13N3O4S/c1-2-19-20-16-12(21)10(11(15-16)13(17)18)7-8-3-5-9(14)6-4-8/h3-7H,2,14H2,1H3,(H,17,18)/b10-7-. The molecule has 0 atom stereocenters. The van der Waals surface area contributed by atoms with Gasteiger partial charge < -0.3 is 10.8 Å². The minimum atomic E-state index is -1.21. The summed E-state index contributed by atoms with van der Waals surface area (Å²) in [6, 6.07) is 6.90. The Balaban J connectivity index is 2.32. The van der Waals surface area contributed by atoms with E-state index in [4.69, 9.17) is 27.8 Å². The second kappa shape index (κ2) is 6.44. The maximum atomic E-state index is 11.2. The zero-order chi connectivity index (χ0) is 15.4. The number of nitrogens with two attached hydrogens (primary N) is 1. The molecule has 1 heterocycles. The fraction of sp³-hybridized carbons (Fsp3) is 0.154. The average molecular weight is 307 g/mol. The van der Waals surface area contributed by atoms with Crippen LogP contribution < -0.4 is 5.73 Å². The number of carboxylic acids is 1. The third-order valence-corrected chi connectivity index (χ3v) is 2.92. The van der Waals surface area contributed by atoms with Crippen LogP contribution in [-0.4, -0.2) is 33.6 Å². The molecule has 0 amide bonds. The van der Waals surface area contributed by atoms with E-state index in [-0.39, 0.29) is 22.9 Å². The van der Waals surface area contributed by atoms with Gasteiger partial charge in [0.25, 0.3) is 0 Å². The molecule has 1 aromatic rings. The number of nitrogens with zero attached hydrogens (tertiary/aromatic N) is 2. The molecule has 0 saturated heterocycles. The average Bonchev–Trinajstić information content (AvgIpc) is 2.76. The van der Waals surface area contributed by atoms with Crippen LogP contribution in [0.5, 0.6) is 0 Å². The molecular weight excluding hydrogens is 294 g/mol. The normalized spacial score (nSPS) is 16.4. The third kappa shape index (κ3) is 3.43. The third-order valence-electron chi connectivity index (χ3n) is 2.54. The summed E-state index contributed by atoms with van der Waals surface area (Å²) >= 11 is 5.15. The first-order valence-corrected chi connectivity index (χ1v) is 6.47. The molecule has 0 aliphatic carbocycles. The van der Waals surface area contributed by atoms with Gasteiger partial charge >= 0.3 is 5.97 Å². The maximum absolute atomic E-state index is 11.2. The van der Waals surface area contributed by atoms with Crippen molar-refractivity contribution in [1.29, 1.82) is 0 Å². The Morgan fingerprint density at radius 2 is 2.14 bits per heavy atom. The van der Waals surface area contributed by atoms with Crippen molar-refractivity contribution in [1.82, 2.24) is 5.17 Å². The maximum Gasteiger partial charge on any atom is 0.357 e.